The molecule has 1 heteroatoms. The van der Waals surface area contributed by atoms with Crippen LogP contribution in [0.5, 0.6) is 0 Å². The molecule has 0 aliphatic carbocycles. The van der Waals surface area contributed by atoms with Gasteiger partial charge in [0.25, 0.3) is 0 Å². The summed E-state index contributed by atoms with van der Waals surface area (Å²) in [7, 11) is 2.16. The first kappa shape index (κ1) is 11.3. The molecule has 0 atom stereocenters. The van der Waals surface area contributed by atoms with Gasteiger partial charge in [0.2, 0.25) is 0 Å². The van der Waals surface area contributed by atoms with Crippen LogP contribution in [0.25, 0.3) is 10.9 Å². The highest BCUT2D eigenvalue weighted by Crippen LogP contribution is 2.27. The van der Waals surface area contributed by atoms with Crippen LogP contribution in [0.4, 0.5) is 0 Å². The van der Waals surface area contributed by atoms with E-state index in [1.165, 1.54) is 34.1 Å². The van der Waals surface area contributed by atoms with Crippen LogP contribution in [0, 0.1) is 19.8 Å². The highest BCUT2D eigenvalue weighted by Gasteiger charge is 2.12. The average Bonchev–Trinajstić information content (AvgIpc) is 2.43. The van der Waals surface area contributed by atoms with Gasteiger partial charge in [0.05, 0.1) is 0 Å². The van der Waals surface area contributed by atoms with Crippen molar-refractivity contribution in [3.63, 3.8) is 0 Å². The van der Waals surface area contributed by atoms with E-state index >= 15 is 0 Å². The van der Waals surface area contributed by atoms with Crippen molar-refractivity contribution >= 4 is 10.9 Å². The van der Waals surface area contributed by atoms with E-state index in [0.717, 1.165) is 0 Å². The van der Waals surface area contributed by atoms with Crippen molar-refractivity contribution in [1.82, 2.24) is 4.57 Å². The molecule has 1 heterocycles. The Balaban J connectivity index is 2.70. The topological polar surface area (TPSA) is 4.93 Å². The summed E-state index contributed by atoms with van der Waals surface area (Å²) in [5, 5.41) is 1.44. The summed E-state index contributed by atoms with van der Waals surface area (Å²) >= 11 is 0. The molecule has 0 unspecified atom stereocenters. The van der Waals surface area contributed by atoms with Crippen LogP contribution in [0.15, 0.2) is 18.2 Å². The second kappa shape index (κ2) is 3.97. The van der Waals surface area contributed by atoms with Crippen molar-refractivity contribution in [2.45, 2.75) is 34.1 Å². The first-order chi connectivity index (χ1) is 7.50. The maximum Gasteiger partial charge on any atom is 0.0482 e. The zero-order chi connectivity index (χ0) is 11.9. The molecule has 0 spiro atoms. The Morgan fingerprint density at radius 1 is 1.19 bits per heavy atom. The SMILES string of the molecule is Cc1ccc2c(c1)c(CC(C)C)c(C)n2C. The van der Waals surface area contributed by atoms with E-state index < -0.39 is 0 Å². The number of nitrogens with zero attached hydrogens (tertiary/aromatic N) is 1. The smallest absolute Gasteiger partial charge is 0.0482 e. The number of hydrogen-bond acceptors (Lipinski definition) is 0. The molecule has 1 aromatic carbocycles. The zero-order valence-electron chi connectivity index (χ0n) is 11.0. The number of aromatic nitrogens is 1. The lowest BCUT2D eigenvalue weighted by Gasteiger charge is -2.05. The van der Waals surface area contributed by atoms with Crippen molar-refractivity contribution in [1.29, 1.82) is 0 Å². The van der Waals surface area contributed by atoms with Crippen molar-refractivity contribution in [3.05, 3.63) is 35.0 Å². The Kier molecular flexibility index (Phi) is 2.79. The number of aryl methyl sites for hydroxylation is 2. The van der Waals surface area contributed by atoms with Crippen LogP contribution in [0.1, 0.15) is 30.7 Å². The van der Waals surface area contributed by atoms with Crippen LogP contribution in [0.3, 0.4) is 0 Å². The van der Waals surface area contributed by atoms with Gasteiger partial charge in [-0.15, -0.1) is 0 Å². The highest BCUT2D eigenvalue weighted by atomic mass is 14.9. The molecule has 0 N–H and O–H groups in total. The predicted octanol–water partition coefficient (Wildman–Crippen LogP) is 3.99. The first-order valence-electron chi connectivity index (χ1n) is 6.05. The Labute approximate surface area is 98.1 Å². The quantitative estimate of drug-likeness (QED) is 0.713. The summed E-state index contributed by atoms with van der Waals surface area (Å²) in [5.41, 5.74) is 5.65. The van der Waals surface area contributed by atoms with Gasteiger partial charge < -0.3 is 4.57 Å². The standard InChI is InChI=1S/C15H21N/c1-10(2)8-13-12(4)16(5)15-7-6-11(3)9-14(13)15/h6-7,9-10H,8H2,1-5H3. The molecule has 0 bridgehead atoms. The van der Waals surface area contributed by atoms with Gasteiger partial charge in [-0.25, -0.2) is 0 Å². The third-order valence-corrected chi connectivity index (χ3v) is 3.39. The van der Waals surface area contributed by atoms with E-state index in [4.69, 9.17) is 0 Å². The summed E-state index contributed by atoms with van der Waals surface area (Å²) < 4.78 is 2.31. The monoisotopic (exact) mass is 215 g/mol. The van der Waals surface area contributed by atoms with E-state index in [-0.39, 0.29) is 0 Å². The number of benzene rings is 1. The van der Waals surface area contributed by atoms with Gasteiger partial charge in [-0.1, -0.05) is 25.5 Å². The van der Waals surface area contributed by atoms with E-state index in [1.807, 2.05) is 0 Å². The van der Waals surface area contributed by atoms with Gasteiger partial charge in [-0.3, -0.25) is 0 Å². The fourth-order valence-corrected chi connectivity index (χ4v) is 2.43. The molecule has 2 rings (SSSR count). The van der Waals surface area contributed by atoms with Crippen LogP contribution >= 0.6 is 0 Å². The summed E-state index contributed by atoms with van der Waals surface area (Å²) in [4.78, 5) is 0. The van der Waals surface area contributed by atoms with Crippen molar-refractivity contribution in [2.24, 2.45) is 13.0 Å². The van der Waals surface area contributed by atoms with E-state index in [2.05, 4.69) is 57.5 Å². The molecular weight excluding hydrogens is 194 g/mol. The molecule has 0 aliphatic rings. The van der Waals surface area contributed by atoms with E-state index in [1.54, 1.807) is 0 Å². The summed E-state index contributed by atoms with van der Waals surface area (Å²) in [5.74, 6) is 0.713. The molecule has 0 fully saturated rings. The normalized spacial score (nSPS) is 11.6. The molecule has 1 nitrogen and oxygen atoms in total. The Morgan fingerprint density at radius 3 is 2.50 bits per heavy atom. The van der Waals surface area contributed by atoms with Crippen molar-refractivity contribution in [3.8, 4) is 0 Å². The van der Waals surface area contributed by atoms with E-state index in [0.29, 0.717) is 5.92 Å². The predicted molar refractivity (Wildman–Crippen MR) is 70.9 cm³/mol. The first-order valence-corrected chi connectivity index (χ1v) is 6.05. The van der Waals surface area contributed by atoms with Gasteiger partial charge >= 0.3 is 0 Å². The lowest BCUT2D eigenvalue weighted by Crippen LogP contribution is -1.97. The fraction of sp³-hybridized carbons (Fsp3) is 0.467. The minimum atomic E-state index is 0.713. The Bertz CT molecular complexity index is 518. The third-order valence-electron chi connectivity index (χ3n) is 3.39. The molecule has 2 aromatic rings. The lowest BCUT2D eigenvalue weighted by molar-refractivity contribution is 0.645. The maximum atomic E-state index is 2.32. The van der Waals surface area contributed by atoms with E-state index in [9.17, 15) is 0 Å². The highest BCUT2D eigenvalue weighted by molar-refractivity contribution is 5.86. The molecule has 0 saturated carbocycles. The largest absolute Gasteiger partial charge is 0.348 e. The molecule has 86 valence electrons. The van der Waals surface area contributed by atoms with Gasteiger partial charge in [-0.05, 0) is 43.9 Å². The second-order valence-electron chi connectivity index (χ2n) is 5.24. The minimum absolute atomic E-state index is 0.713. The molecule has 1 aromatic heterocycles. The fourth-order valence-electron chi connectivity index (χ4n) is 2.43. The molecule has 0 saturated heterocycles. The molecule has 16 heavy (non-hydrogen) atoms. The molecule has 0 amide bonds. The summed E-state index contributed by atoms with van der Waals surface area (Å²) in [6.07, 6.45) is 1.17. The number of rotatable bonds is 2. The summed E-state index contributed by atoms with van der Waals surface area (Å²) in [6, 6.07) is 6.75. The van der Waals surface area contributed by atoms with Gasteiger partial charge in [0.1, 0.15) is 0 Å². The average molecular weight is 215 g/mol. The second-order valence-corrected chi connectivity index (χ2v) is 5.24. The Morgan fingerprint density at radius 2 is 1.88 bits per heavy atom. The van der Waals surface area contributed by atoms with Crippen LogP contribution in [-0.2, 0) is 13.5 Å². The Hall–Kier alpha value is -1.24. The maximum absolute atomic E-state index is 2.32. The van der Waals surface area contributed by atoms with Gasteiger partial charge in [0, 0.05) is 23.6 Å². The molecule has 0 radical (unpaired) electrons. The van der Waals surface area contributed by atoms with Crippen molar-refractivity contribution < 1.29 is 0 Å². The lowest BCUT2D eigenvalue weighted by atomic mass is 9.99. The van der Waals surface area contributed by atoms with Crippen LogP contribution < -0.4 is 0 Å². The molecular formula is C15H21N. The van der Waals surface area contributed by atoms with Gasteiger partial charge in [-0.2, -0.15) is 0 Å². The third kappa shape index (κ3) is 1.75. The van der Waals surface area contributed by atoms with Gasteiger partial charge in [0.15, 0.2) is 0 Å². The zero-order valence-corrected chi connectivity index (χ0v) is 11.0. The number of hydrogen-bond donors (Lipinski definition) is 0. The minimum Gasteiger partial charge on any atom is -0.348 e. The van der Waals surface area contributed by atoms with Crippen LogP contribution in [-0.4, -0.2) is 4.57 Å². The number of fused-ring (bicyclic) bond motifs is 1. The van der Waals surface area contributed by atoms with Crippen molar-refractivity contribution in [2.75, 3.05) is 0 Å². The van der Waals surface area contributed by atoms with Crippen LogP contribution in [0.2, 0.25) is 0 Å². The molecule has 0 aliphatic heterocycles. The summed E-state index contributed by atoms with van der Waals surface area (Å²) in [6.45, 7) is 8.97.